The van der Waals surface area contributed by atoms with Crippen molar-refractivity contribution in [1.29, 1.82) is 0 Å². The SMILES string of the molecule is Cc1oc2ccccc2c1CCN=C(N)N. The lowest BCUT2D eigenvalue weighted by atomic mass is 10.1. The van der Waals surface area contributed by atoms with Crippen molar-refractivity contribution in [2.24, 2.45) is 16.5 Å². The summed E-state index contributed by atoms with van der Waals surface area (Å²) in [7, 11) is 0. The van der Waals surface area contributed by atoms with Crippen LogP contribution in [0.25, 0.3) is 11.0 Å². The number of nitrogens with zero attached hydrogens (tertiary/aromatic N) is 1. The number of guanidine groups is 1. The van der Waals surface area contributed by atoms with E-state index in [1.54, 1.807) is 0 Å². The van der Waals surface area contributed by atoms with Crippen molar-refractivity contribution in [2.45, 2.75) is 13.3 Å². The maximum atomic E-state index is 5.65. The lowest BCUT2D eigenvalue weighted by molar-refractivity contribution is 0.572. The van der Waals surface area contributed by atoms with Crippen LogP contribution < -0.4 is 11.5 Å². The number of para-hydroxylation sites is 1. The molecule has 0 fully saturated rings. The highest BCUT2D eigenvalue weighted by atomic mass is 16.3. The third-order valence-corrected chi connectivity index (χ3v) is 2.56. The van der Waals surface area contributed by atoms with Gasteiger partial charge in [-0.1, -0.05) is 18.2 Å². The van der Waals surface area contributed by atoms with Crippen LogP contribution in [0.1, 0.15) is 11.3 Å². The number of hydrogen-bond acceptors (Lipinski definition) is 2. The molecule has 0 spiro atoms. The molecule has 84 valence electrons. The van der Waals surface area contributed by atoms with Gasteiger partial charge in [-0.25, -0.2) is 0 Å². The van der Waals surface area contributed by atoms with Gasteiger partial charge in [-0.15, -0.1) is 0 Å². The lowest BCUT2D eigenvalue weighted by Gasteiger charge is -1.97. The molecular weight excluding hydrogens is 202 g/mol. The highest BCUT2D eigenvalue weighted by Gasteiger charge is 2.09. The fraction of sp³-hybridized carbons (Fsp3) is 0.250. The van der Waals surface area contributed by atoms with Crippen LogP contribution >= 0.6 is 0 Å². The number of aryl methyl sites for hydroxylation is 1. The summed E-state index contributed by atoms with van der Waals surface area (Å²) in [6.45, 7) is 2.55. The second-order valence-electron chi connectivity index (χ2n) is 3.69. The molecule has 4 nitrogen and oxygen atoms in total. The Morgan fingerprint density at radius 3 is 2.81 bits per heavy atom. The van der Waals surface area contributed by atoms with Gasteiger partial charge in [0.2, 0.25) is 0 Å². The van der Waals surface area contributed by atoms with E-state index in [1.165, 1.54) is 5.56 Å². The average molecular weight is 217 g/mol. The molecule has 0 aliphatic rings. The fourth-order valence-electron chi connectivity index (χ4n) is 1.83. The molecule has 0 radical (unpaired) electrons. The zero-order valence-corrected chi connectivity index (χ0v) is 9.23. The van der Waals surface area contributed by atoms with E-state index in [0.717, 1.165) is 23.2 Å². The molecule has 0 saturated carbocycles. The van der Waals surface area contributed by atoms with Gasteiger partial charge < -0.3 is 15.9 Å². The molecule has 1 aromatic heterocycles. The van der Waals surface area contributed by atoms with Crippen LogP contribution in [0.3, 0.4) is 0 Å². The number of fused-ring (bicyclic) bond motifs is 1. The molecule has 1 aromatic carbocycles. The van der Waals surface area contributed by atoms with Gasteiger partial charge in [0.1, 0.15) is 11.3 Å². The van der Waals surface area contributed by atoms with Crippen LogP contribution in [0.15, 0.2) is 33.7 Å². The minimum atomic E-state index is 0.130. The van der Waals surface area contributed by atoms with E-state index >= 15 is 0 Å². The van der Waals surface area contributed by atoms with Crippen LogP contribution in [0.5, 0.6) is 0 Å². The molecule has 1 heterocycles. The predicted octanol–water partition coefficient (Wildman–Crippen LogP) is 1.56. The molecule has 0 atom stereocenters. The highest BCUT2D eigenvalue weighted by Crippen LogP contribution is 2.25. The van der Waals surface area contributed by atoms with E-state index in [2.05, 4.69) is 11.1 Å². The van der Waals surface area contributed by atoms with Crippen molar-refractivity contribution in [3.05, 3.63) is 35.6 Å². The summed E-state index contributed by atoms with van der Waals surface area (Å²) in [5.41, 5.74) is 12.7. The second kappa shape index (κ2) is 4.26. The van der Waals surface area contributed by atoms with Crippen LogP contribution in [-0.2, 0) is 6.42 Å². The predicted molar refractivity (Wildman–Crippen MR) is 65.3 cm³/mol. The number of nitrogens with two attached hydrogens (primary N) is 2. The minimum Gasteiger partial charge on any atom is -0.461 e. The van der Waals surface area contributed by atoms with E-state index in [1.807, 2.05) is 25.1 Å². The normalized spacial score (nSPS) is 10.6. The van der Waals surface area contributed by atoms with Gasteiger partial charge in [-0.05, 0) is 19.4 Å². The van der Waals surface area contributed by atoms with Gasteiger partial charge >= 0.3 is 0 Å². The Hall–Kier alpha value is -1.97. The van der Waals surface area contributed by atoms with Crippen LogP contribution in [0.2, 0.25) is 0 Å². The Morgan fingerprint density at radius 1 is 1.31 bits per heavy atom. The van der Waals surface area contributed by atoms with Gasteiger partial charge in [0.25, 0.3) is 0 Å². The summed E-state index contributed by atoms with van der Waals surface area (Å²) in [6.07, 6.45) is 0.792. The molecule has 0 aliphatic heterocycles. The van der Waals surface area contributed by atoms with Crippen LogP contribution in [0, 0.1) is 6.92 Å². The molecule has 0 unspecified atom stereocenters. The van der Waals surface area contributed by atoms with Crippen LogP contribution in [0.4, 0.5) is 0 Å². The first-order valence-electron chi connectivity index (χ1n) is 5.21. The lowest BCUT2D eigenvalue weighted by Crippen LogP contribution is -2.23. The third-order valence-electron chi connectivity index (χ3n) is 2.56. The molecular formula is C12H15N3O. The first kappa shape index (κ1) is 10.5. The summed E-state index contributed by atoms with van der Waals surface area (Å²) in [5.74, 6) is 1.07. The van der Waals surface area contributed by atoms with E-state index in [0.29, 0.717) is 6.54 Å². The maximum Gasteiger partial charge on any atom is 0.185 e. The van der Waals surface area contributed by atoms with Gasteiger partial charge in [-0.3, -0.25) is 4.99 Å². The van der Waals surface area contributed by atoms with Crippen molar-refractivity contribution < 1.29 is 4.42 Å². The molecule has 2 rings (SSSR count). The minimum absolute atomic E-state index is 0.130. The summed E-state index contributed by atoms with van der Waals surface area (Å²) in [4.78, 5) is 3.98. The fourth-order valence-corrected chi connectivity index (χ4v) is 1.83. The molecule has 0 saturated heterocycles. The first-order valence-corrected chi connectivity index (χ1v) is 5.21. The van der Waals surface area contributed by atoms with Gasteiger partial charge in [0, 0.05) is 17.5 Å². The quantitative estimate of drug-likeness (QED) is 0.605. The van der Waals surface area contributed by atoms with E-state index < -0.39 is 0 Å². The van der Waals surface area contributed by atoms with Crippen molar-refractivity contribution in [2.75, 3.05) is 6.54 Å². The van der Waals surface area contributed by atoms with Gasteiger partial charge in [-0.2, -0.15) is 0 Å². The molecule has 4 N–H and O–H groups in total. The first-order chi connectivity index (χ1) is 7.68. The maximum absolute atomic E-state index is 5.65. The Kier molecular flexibility index (Phi) is 2.81. The van der Waals surface area contributed by atoms with E-state index in [4.69, 9.17) is 15.9 Å². The Morgan fingerprint density at radius 2 is 2.06 bits per heavy atom. The number of furan rings is 1. The number of hydrogen-bond donors (Lipinski definition) is 2. The standard InChI is InChI=1S/C12H15N3O/c1-8-9(6-7-15-12(13)14)10-4-2-3-5-11(10)16-8/h2-5H,6-7H2,1H3,(H4,13,14,15). The third kappa shape index (κ3) is 2.00. The Labute approximate surface area is 93.9 Å². The Bertz CT molecular complexity index is 524. The second-order valence-corrected chi connectivity index (χ2v) is 3.69. The summed E-state index contributed by atoms with van der Waals surface area (Å²) in [6, 6.07) is 7.98. The average Bonchev–Trinajstić information content (AvgIpc) is 2.55. The topological polar surface area (TPSA) is 77.5 Å². The van der Waals surface area contributed by atoms with E-state index in [-0.39, 0.29) is 5.96 Å². The van der Waals surface area contributed by atoms with Crippen molar-refractivity contribution in [1.82, 2.24) is 0 Å². The molecule has 0 amide bonds. The largest absolute Gasteiger partial charge is 0.461 e. The highest BCUT2D eigenvalue weighted by molar-refractivity contribution is 5.82. The zero-order chi connectivity index (χ0) is 11.5. The van der Waals surface area contributed by atoms with Gasteiger partial charge in [0.05, 0.1) is 0 Å². The number of rotatable bonds is 3. The number of benzene rings is 1. The summed E-state index contributed by atoms with van der Waals surface area (Å²) >= 11 is 0. The van der Waals surface area contributed by atoms with Crippen molar-refractivity contribution in [3.63, 3.8) is 0 Å². The monoisotopic (exact) mass is 217 g/mol. The zero-order valence-electron chi connectivity index (χ0n) is 9.23. The number of aliphatic imine (C=N–C) groups is 1. The smallest absolute Gasteiger partial charge is 0.185 e. The van der Waals surface area contributed by atoms with Crippen molar-refractivity contribution in [3.8, 4) is 0 Å². The van der Waals surface area contributed by atoms with Crippen LogP contribution in [-0.4, -0.2) is 12.5 Å². The molecule has 16 heavy (non-hydrogen) atoms. The van der Waals surface area contributed by atoms with E-state index in [9.17, 15) is 0 Å². The Balaban J connectivity index is 2.29. The molecule has 4 heteroatoms. The molecule has 0 aliphatic carbocycles. The molecule has 0 bridgehead atoms. The van der Waals surface area contributed by atoms with Crippen molar-refractivity contribution >= 4 is 16.9 Å². The summed E-state index contributed by atoms with van der Waals surface area (Å²) < 4.78 is 5.65. The molecule has 2 aromatic rings. The summed E-state index contributed by atoms with van der Waals surface area (Å²) in [5, 5.41) is 1.14. The van der Waals surface area contributed by atoms with Gasteiger partial charge in [0.15, 0.2) is 5.96 Å².